The number of pyridine rings is 1. The summed E-state index contributed by atoms with van der Waals surface area (Å²) >= 11 is 6.31. The zero-order chi connectivity index (χ0) is 28.0. The molecular formula is C23H16ClF6N5O2S. The van der Waals surface area contributed by atoms with E-state index in [4.69, 9.17) is 17.3 Å². The number of benzene rings is 1. The summed E-state index contributed by atoms with van der Waals surface area (Å²) in [4.78, 5) is 28.2. The number of halogens is 7. The molecule has 0 atom stereocenters. The number of anilines is 1. The Hall–Kier alpha value is -3.65. The number of carbonyl (C=O) groups excluding carboxylic acids is 2. The molecule has 3 aromatic heterocycles. The number of thiophene rings is 1. The van der Waals surface area contributed by atoms with Gasteiger partial charge in [0.25, 0.3) is 5.91 Å². The quantitative estimate of drug-likeness (QED) is 0.264. The van der Waals surface area contributed by atoms with Crippen molar-refractivity contribution in [1.82, 2.24) is 14.8 Å². The maximum absolute atomic E-state index is 13.6. The number of rotatable bonds is 6. The summed E-state index contributed by atoms with van der Waals surface area (Å²) in [5.74, 6) is -1.77. The van der Waals surface area contributed by atoms with Gasteiger partial charge in [-0.25, -0.2) is 4.98 Å². The number of hydrogen-bond donors (Lipinski definition) is 2. The summed E-state index contributed by atoms with van der Waals surface area (Å²) in [7, 11) is 0. The molecule has 38 heavy (non-hydrogen) atoms. The molecule has 0 unspecified atom stereocenters. The number of nitrogens with two attached hydrogens (primary N) is 1. The van der Waals surface area contributed by atoms with Crippen molar-refractivity contribution in [1.29, 1.82) is 0 Å². The number of aryl methyl sites for hydroxylation is 1. The Kier molecular flexibility index (Phi) is 7.14. The molecule has 3 heterocycles. The number of alkyl halides is 6. The lowest BCUT2D eigenvalue weighted by molar-refractivity contribution is -0.142. The van der Waals surface area contributed by atoms with Gasteiger partial charge in [0, 0.05) is 11.8 Å². The minimum atomic E-state index is -4.80. The van der Waals surface area contributed by atoms with Gasteiger partial charge >= 0.3 is 12.4 Å². The first-order chi connectivity index (χ1) is 17.7. The molecule has 0 aliphatic heterocycles. The highest BCUT2D eigenvalue weighted by molar-refractivity contribution is 7.21. The number of hydrogen-bond acceptors (Lipinski definition) is 5. The van der Waals surface area contributed by atoms with Gasteiger partial charge in [-0.05, 0) is 24.1 Å². The van der Waals surface area contributed by atoms with Crippen LogP contribution in [0.4, 0.5) is 32.0 Å². The van der Waals surface area contributed by atoms with Crippen molar-refractivity contribution in [2.75, 3.05) is 5.32 Å². The van der Waals surface area contributed by atoms with Gasteiger partial charge in [0.1, 0.15) is 15.4 Å². The molecule has 200 valence electrons. The Morgan fingerprint density at radius 1 is 1.11 bits per heavy atom. The van der Waals surface area contributed by atoms with Gasteiger partial charge in [0.2, 0.25) is 5.91 Å². The van der Waals surface area contributed by atoms with Gasteiger partial charge in [-0.3, -0.25) is 14.3 Å². The SMILES string of the molecule is Cc1c(Cl)c(C(F)(F)F)nn1CCC(=O)Nc1c(C(N)=O)sc2nc(C(F)(F)F)cc(-c3ccccc3)c12. The molecule has 1 aromatic carbocycles. The summed E-state index contributed by atoms with van der Waals surface area (Å²) in [6.07, 6.45) is -9.99. The fourth-order valence-electron chi connectivity index (χ4n) is 3.71. The molecule has 0 spiro atoms. The summed E-state index contributed by atoms with van der Waals surface area (Å²) in [5.41, 5.74) is 3.20. The smallest absolute Gasteiger partial charge is 0.365 e. The fraction of sp³-hybridized carbons (Fsp3) is 0.217. The van der Waals surface area contributed by atoms with Crippen LogP contribution in [-0.2, 0) is 23.7 Å². The van der Waals surface area contributed by atoms with Gasteiger partial charge in [-0.1, -0.05) is 41.9 Å². The van der Waals surface area contributed by atoms with E-state index in [0.29, 0.717) is 16.9 Å². The average molecular weight is 576 g/mol. The topological polar surface area (TPSA) is 103 Å². The van der Waals surface area contributed by atoms with Gasteiger partial charge in [0.15, 0.2) is 5.69 Å². The lowest BCUT2D eigenvalue weighted by Gasteiger charge is -2.12. The van der Waals surface area contributed by atoms with Crippen LogP contribution in [0.15, 0.2) is 36.4 Å². The number of nitrogens with zero attached hydrogens (tertiary/aromatic N) is 3. The molecule has 7 nitrogen and oxygen atoms in total. The average Bonchev–Trinajstić information content (AvgIpc) is 3.34. The minimum absolute atomic E-state index is 0.0131. The van der Waals surface area contributed by atoms with E-state index in [1.165, 1.54) is 6.92 Å². The molecule has 0 saturated carbocycles. The van der Waals surface area contributed by atoms with E-state index in [2.05, 4.69) is 15.4 Å². The normalized spacial score (nSPS) is 12.2. The second kappa shape index (κ2) is 9.91. The van der Waals surface area contributed by atoms with Crippen molar-refractivity contribution in [3.63, 3.8) is 0 Å². The number of primary amides is 1. The minimum Gasteiger partial charge on any atom is -0.365 e. The van der Waals surface area contributed by atoms with E-state index >= 15 is 0 Å². The van der Waals surface area contributed by atoms with Crippen LogP contribution >= 0.6 is 22.9 Å². The second-order valence-electron chi connectivity index (χ2n) is 8.04. The highest BCUT2D eigenvalue weighted by Crippen LogP contribution is 2.43. The standard InChI is InChI=1S/C23H16ClF6N5O2S/c1-10-16(24)19(23(28,29)30)34-35(10)8-7-14(36)33-17-15-12(11-5-3-2-4-6-11)9-13(22(25,26)27)32-21(15)38-18(17)20(31)37/h2-6,9H,7-8H2,1H3,(H2,31,37)(H,33,36). The third-order valence-electron chi connectivity index (χ3n) is 5.48. The summed E-state index contributed by atoms with van der Waals surface area (Å²) in [5, 5.41) is 5.36. The molecule has 4 rings (SSSR count). The molecule has 4 aromatic rings. The Bertz CT molecular complexity index is 1550. The van der Waals surface area contributed by atoms with Gasteiger partial charge in [-0.15, -0.1) is 11.3 Å². The first kappa shape index (κ1) is 27.4. The van der Waals surface area contributed by atoms with E-state index in [0.717, 1.165) is 10.7 Å². The lowest BCUT2D eigenvalue weighted by atomic mass is 10.0. The van der Waals surface area contributed by atoms with Gasteiger partial charge < -0.3 is 11.1 Å². The third kappa shape index (κ3) is 5.31. The lowest BCUT2D eigenvalue weighted by Crippen LogP contribution is -2.19. The van der Waals surface area contributed by atoms with Crippen molar-refractivity contribution < 1.29 is 35.9 Å². The molecular weight excluding hydrogens is 560 g/mol. The number of fused-ring (bicyclic) bond motifs is 1. The Labute approximate surface area is 219 Å². The maximum Gasteiger partial charge on any atom is 0.436 e. The summed E-state index contributed by atoms with van der Waals surface area (Å²) < 4.78 is 80.9. The number of carbonyl (C=O) groups is 2. The van der Waals surface area contributed by atoms with E-state index in [9.17, 15) is 35.9 Å². The fourth-order valence-corrected chi connectivity index (χ4v) is 4.96. The van der Waals surface area contributed by atoms with Gasteiger partial charge in [0.05, 0.1) is 22.9 Å². The first-order valence-corrected chi connectivity index (χ1v) is 11.9. The van der Waals surface area contributed by atoms with Crippen LogP contribution in [0, 0.1) is 6.92 Å². The van der Waals surface area contributed by atoms with Crippen molar-refractivity contribution in [3.05, 3.63) is 63.4 Å². The van der Waals surface area contributed by atoms with Crippen LogP contribution in [0.1, 0.15) is 33.2 Å². The van der Waals surface area contributed by atoms with Crippen molar-refractivity contribution in [2.45, 2.75) is 32.2 Å². The monoisotopic (exact) mass is 575 g/mol. The van der Waals surface area contributed by atoms with E-state index in [1.807, 2.05) is 0 Å². The first-order valence-electron chi connectivity index (χ1n) is 10.7. The predicted octanol–water partition coefficient (Wildman–Crippen LogP) is 6.29. The van der Waals surface area contributed by atoms with Crippen molar-refractivity contribution in [3.8, 4) is 11.1 Å². The highest BCUT2D eigenvalue weighted by Gasteiger charge is 2.38. The van der Waals surface area contributed by atoms with E-state index < -0.39 is 47.0 Å². The Balaban J connectivity index is 1.74. The van der Waals surface area contributed by atoms with E-state index in [1.54, 1.807) is 30.3 Å². The molecule has 0 saturated heterocycles. The molecule has 2 amide bonds. The Morgan fingerprint density at radius 2 is 1.76 bits per heavy atom. The maximum atomic E-state index is 13.6. The summed E-state index contributed by atoms with van der Waals surface area (Å²) in [6.45, 7) is 1.000. The third-order valence-corrected chi connectivity index (χ3v) is 7.03. The molecule has 15 heteroatoms. The van der Waals surface area contributed by atoms with Gasteiger partial charge in [-0.2, -0.15) is 31.4 Å². The van der Waals surface area contributed by atoms with Crippen LogP contribution in [0.3, 0.4) is 0 Å². The summed E-state index contributed by atoms with van der Waals surface area (Å²) in [6, 6.07) is 8.75. The molecule has 0 bridgehead atoms. The molecule has 0 aliphatic rings. The van der Waals surface area contributed by atoms with Crippen LogP contribution in [0.25, 0.3) is 21.3 Å². The highest BCUT2D eigenvalue weighted by atomic mass is 35.5. The number of nitrogens with one attached hydrogen (secondary N) is 1. The zero-order valence-electron chi connectivity index (χ0n) is 19.2. The van der Waals surface area contributed by atoms with Crippen LogP contribution in [0.2, 0.25) is 5.02 Å². The zero-order valence-corrected chi connectivity index (χ0v) is 20.7. The van der Waals surface area contributed by atoms with Crippen LogP contribution in [-0.4, -0.2) is 26.6 Å². The molecule has 0 aliphatic carbocycles. The Morgan fingerprint density at radius 3 is 2.32 bits per heavy atom. The van der Waals surface area contributed by atoms with Crippen molar-refractivity contribution >= 4 is 50.7 Å². The van der Waals surface area contributed by atoms with Crippen LogP contribution < -0.4 is 11.1 Å². The van der Waals surface area contributed by atoms with E-state index in [-0.39, 0.29) is 38.6 Å². The predicted molar refractivity (Wildman–Crippen MR) is 129 cm³/mol. The second-order valence-corrected chi connectivity index (χ2v) is 9.41. The number of aromatic nitrogens is 3. The molecule has 0 fully saturated rings. The largest absolute Gasteiger partial charge is 0.436 e. The van der Waals surface area contributed by atoms with Crippen LogP contribution in [0.5, 0.6) is 0 Å². The molecule has 0 radical (unpaired) electrons. The number of amides is 2. The van der Waals surface area contributed by atoms with Crippen molar-refractivity contribution in [2.24, 2.45) is 5.73 Å². The molecule has 3 N–H and O–H groups in total.